The van der Waals surface area contributed by atoms with Crippen molar-refractivity contribution in [2.75, 3.05) is 14.1 Å². The van der Waals surface area contributed by atoms with Crippen LogP contribution in [0.25, 0.3) is 21.9 Å². The van der Waals surface area contributed by atoms with Crippen LogP contribution in [0.15, 0.2) is 60.7 Å². The van der Waals surface area contributed by atoms with Crippen LogP contribution < -0.4 is 0 Å². The Morgan fingerprint density at radius 3 is 2.47 bits per heavy atom. The van der Waals surface area contributed by atoms with E-state index in [1.807, 2.05) is 0 Å². The summed E-state index contributed by atoms with van der Waals surface area (Å²) in [6, 6.07) is 21.8. The summed E-state index contributed by atoms with van der Waals surface area (Å²) in [6.07, 6.45) is 0. The van der Waals surface area contributed by atoms with Crippen LogP contribution in [-0.2, 0) is 6.54 Å². The van der Waals surface area contributed by atoms with Gasteiger partial charge in [0.1, 0.15) is 0 Å². The maximum atomic E-state index is 2.28. The maximum Gasteiger partial charge on any atom is -0.0114 e. The molecule has 3 rings (SSSR count). The molecule has 0 N–H and O–H groups in total. The number of nitrogens with zero attached hydrogens (tertiary/aromatic N) is 1. The Balaban J connectivity index is 2.06. The Morgan fingerprint density at radius 1 is 0.895 bits per heavy atom. The second-order valence-electron chi connectivity index (χ2n) is 5.26. The van der Waals surface area contributed by atoms with Gasteiger partial charge in [0.15, 0.2) is 0 Å². The fourth-order valence-electron chi connectivity index (χ4n) is 2.57. The first-order valence-electron chi connectivity index (χ1n) is 6.62. The van der Waals surface area contributed by atoms with Gasteiger partial charge in [0.05, 0.1) is 0 Å². The molecule has 0 amide bonds. The Hall–Kier alpha value is -1.99. The minimum absolute atomic E-state index is 0.981. The number of fused-ring (bicyclic) bond motifs is 1. The molecule has 0 aliphatic carbocycles. The molecular formula is C18H18N-. The molecule has 0 heterocycles. The Morgan fingerprint density at radius 2 is 1.68 bits per heavy atom. The molecule has 0 aliphatic heterocycles. The van der Waals surface area contributed by atoms with Crippen molar-refractivity contribution in [2.24, 2.45) is 0 Å². The van der Waals surface area contributed by atoms with E-state index in [1.54, 1.807) is 0 Å². The second-order valence-corrected chi connectivity index (χ2v) is 5.26. The van der Waals surface area contributed by atoms with Crippen LogP contribution in [-0.4, -0.2) is 19.0 Å². The van der Waals surface area contributed by atoms with Gasteiger partial charge in [0.25, 0.3) is 0 Å². The molecule has 0 bridgehead atoms. The molecule has 0 atom stereocenters. The average molecular weight is 248 g/mol. The SMILES string of the molecule is CN(C)C[c-]1cccc1-c1ccc2ccccc2c1. The molecule has 1 nitrogen and oxygen atoms in total. The molecule has 0 saturated carbocycles. The van der Waals surface area contributed by atoms with Crippen molar-refractivity contribution < 1.29 is 0 Å². The monoisotopic (exact) mass is 248 g/mol. The third-order valence-electron chi connectivity index (χ3n) is 3.45. The highest BCUT2D eigenvalue weighted by Crippen LogP contribution is 2.28. The van der Waals surface area contributed by atoms with E-state index in [2.05, 4.69) is 79.7 Å². The Kier molecular flexibility index (Phi) is 3.14. The van der Waals surface area contributed by atoms with Crippen LogP contribution >= 0.6 is 0 Å². The van der Waals surface area contributed by atoms with Crippen LogP contribution in [0, 0.1) is 0 Å². The first-order valence-corrected chi connectivity index (χ1v) is 6.62. The smallest absolute Gasteiger partial charge is 0.0114 e. The first-order chi connectivity index (χ1) is 9.24. The van der Waals surface area contributed by atoms with Gasteiger partial charge in [0.2, 0.25) is 0 Å². The van der Waals surface area contributed by atoms with E-state index in [1.165, 1.54) is 27.5 Å². The van der Waals surface area contributed by atoms with Crippen molar-refractivity contribution in [3.8, 4) is 11.1 Å². The lowest BCUT2D eigenvalue weighted by atomic mass is 10.0. The zero-order chi connectivity index (χ0) is 13.2. The van der Waals surface area contributed by atoms with E-state index < -0.39 is 0 Å². The predicted octanol–water partition coefficient (Wildman–Crippen LogP) is 4.29. The summed E-state index contributed by atoms with van der Waals surface area (Å²) >= 11 is 0. The first kappa shape index (κ1) is 12.1. The number of rotatable bonds is 3. The summed E-state index contributed by atoms with van der Waals surface area (Å²) in [5.41, 5.74) is 4.04. The standard InChI is InChI=1S/C18H18N/c1-19(2)13-17-8-5-9-18(17)16-11-10-14-6-3-4-7-15(14)12-16/h3-12H,13H2,1-2H3/q-1. The van der Waals surface area contributed by atoms with Gasteiger partial charge in [-0.15, -0.1) is 17.2 Å². The molecule has 0 fully saturated rings. The predicted molar refractivity (Wildman–Crippen MR) is 82.4 cm³/mol. The largest absolute Gasteiger partial charge is 0.314 e. The molecule has 19 heavy (non-hydrogen) atoms. The van der Waals surface area contributed by atoms with Crippen molar-refractivity contribution in [3.63, 3.8) is 0 Å². The second kappa shape index (κ2) is 4.94. The van der Waals surface area contributed by atoms with E-state index in [4.69, 9.17) is 0 Å². The van der Waals surface area contributed by atoms with Gasteiger partial charge in [-0.25, -0.2) is 0 Å². The third kappa shape index (κ3) is 2.42. The van der Waals surface area contributed by atoms with E-state index >= 15 is 0 Å². The topological polar surface area (TPSA) is 3.24 Å². The van der Waals surface area contributed by atoms with Gasteiger partial charge in [-0.1, -0.05) is 48.0 Å². The maximum absolute atomic E-state index is 2.28. The van der Waals surface area contributed by atoms with Crippen molar-refractivity contribution in [1.82, 2.24) is 4.90 Å². The average Bonchev–Trinajstić information content (AvgIpc) is 2.85. The van der Waals surface area contributed by atoms with E-state index in [0.29, 0.717) is 0 Å². The molecule has 0 spiro atoms. The van der Waals surface area contributed by atoms with Gasteiger partial charge in [-0.05, 0) is 31.4 Å². The molecular weight excluding hydrogens is 230 g/mol. The molecule has 1 heteroatoms. The number of hydrogen-bond acceptors (Lipinski definition) is 1. The minimum atomic E-state index is 0.981. The van der Waals surface area contributed by atoms with E-state index in [9.17, 15) is 0 Å². The number of hydrogen-bond donors (Lipinski definition) is 0. The number of benzene rings is 2. The lowest BCUT2D eigenvalue weighted by Crippen LogP contribution is -2.10. The minimum Gasteiger partial charge on any atom is -0.314 e. The van der Waals surface area contributed by atoms with Gasteiger partial charge in [0, 0.05) is 0 Å². The van der Waals surface area contributed by atoms with Crippen LogP contribution in [0.4, 0.5) is 0 Å². The molecule has 0 saturated heterocycles. The van der Waals surface area contributed by atoms with Crippen LogP contribution in [0.2, 0.25) is 0 Å². The summed E-state index contributed by atoms with van der Waals surface area (Å²) in [6.45, 7) is 0.981. The van der Waals surface area contributed by atoms with Crippen molar-refractivity contribution >= 4 is 10.8 Å². The van der Waals surface area contributed by atoms with Gasteiger partial charge >= 0.3 is 0 Å². The summed E-state index contributed by atoms with van der Waals surface area (Å²) in [5, 5.41) is 2.60. The third-order valence-corrected chi connectivity index (χ3v) is 3.45. The molecule has 0 aliphatic rings. The summed E-state index contributed by atoms with van der Waals surface area (Å²) in [4.78, 5) is 2.21. The van der Waals surface area contributed by atoms with Gasteiger partial charge in [-0.3, -0.25) is 0 Å². The molecule has 0 radical (unpaired) electrons. The van der Waals surface area contributed by atoms with E-state index in [0.717, 1.165) is 6.54 Å². The summed E-state index contributed by atoms with van der Waals surface area (Å²) in [7, 11) is 4.22. The van der Waals surface area contributed by atoms with Crippen molar-refractivity contribution in [3.05, 3.63) is 66.2 Å². The Labute approximate surface area is 114 Å². The van der Waals surface area contributed by atoms with Crippen LogP contribution in [0.5, 0.6) is 0 Å². The fourth-order valence-corrected chi connectivity index (χ4v) is 2.57. The molecule has 96 valence electrons. The lowest BCUT2D eigenvalue weighted by Gasteiger charge is -2.17. The highest BCUT2D eigenvalue weighted by Gasteiger charge is 2.00. The zero-order valence-corrected chi connectivity index (χ0v) is 11.4. The normalized spacial score (nSPS) is 11.3. The van der Waals surface area contributed by atoms with Crippen molar-refractivity contribution in [1.29, 1.82) is 0 Å². The zero-order valence-electron chi connectivity index (χ0n) is 11.4. The van der Waals surface area contributed by atoms with Crippen LogP contribution in [0.3, 0.4) is 0 Å². The molecule has 0 unspecified atom stereocenters. The van der Waals surface area contributed by atoms with E-state index in [-0.39, 0.29) is 0 Å². The fraction of sp³-hybridized carbons (Fsp3) is 0.167. The highest BCUT2D eigenvalue weighted by atomic mass is 15.0. The lowest BCUT2D eigenvalue weighted by molar-refractivity contribution is 0.403. The molecule has 3 aromatic rings. The highest BCUT2D eigenvalue weighted by molar-refractivity contribution is 5.87. The van der Waals surface area contributed by atoms with Gasteiger partial charge in [-0.2, -0.15) is 12.1 Å². The Bertz CT molecular complexity index is 691. The summed E-state index contributed by atoms with van der Waals surface area (Å²) < 4.78 is 0. The molecule has 3 aromatic carbocycles. The van der Waals surface area contributed by atoms with Gasteiger partial charge < -0.3 is 4.90 Å². The van der Waals surface area contributed by atoms with Crippen molar-refractivity contribution in [2.45, 2.75) is 6.54 Å². The quantitative estimate of drug-likeness (QED) is 0.625. The summed E-state index contributed by atoms with van der Waals surface area (Å²) in [5.74, 6) is 0. The molecule has 0 aromatic heterocycles. The van der Waals surface area contributed by atoms with Crippen LogP contribution in [0.1, 0.15) is 5.56 Å².